The molecule has 0 bridgehead atoms. The Labute approximate surface area is 123 Å². The number of hydrogen-bond acceptors (Lipinski definition) is 3. The first-order valence-electron chi connectivity index (χ1n) is 7.01. The molecule has 0 spiro atoms. The molecule has 4 heteroatoms. The molecule has 3 nitrogen and oxygen atoms in total. The van der Waals surface area contributed by atoms with Crippen LogP contribution >= 0.6 is 11.8 Å². The van der Waals surface area contributed by atoms with Gasteiger partial charge in [-0.15, -0.1) is 11.8 Å². The van der Waals surface area contributed by atoms with Crippen molar-refractivity contribution in [1.29, 1.82) is 0 Å². The number of benzene rings is 1. The zero-order valence-electron chi connectivity index (χ0n) is 11.9. The quantitative estimate of drug-likeness (QED) is 0.785. The predicted molar refractivity (Wildman–Crippen MR) is 79.6 cm³/mol. The molecule has 0 radical (unpaired) electrons. The van der Waals surface area contributed by atoms with E-state index in [4.69, 9.17) is 0 Å². The van der Waals surface area contributed by atoms with E-state index in [2.05, 4.69) is 12.1 Å². The number of thioether (sulfide) groups is 1. The van der Waals surface area contributed by atoms with Crippen LogP contribution in [0.15, 0.2) is 29.2 Å². The van der Waals surface area contributed by atoms with Crippen LogP contribution in [-0.4, -0.2) is 29.0 Å². The van der Waals surface area contributed by atoms with Crippen LogP contribution in [0.25, 0.3) is 0 Å². The van der Waals surface area contributed by atoms with Crippen molar-refractivity contribution in [1.82, 2.24) is 4.90 Å². The number of rotatable bonds is 2. The van der Waals surface area contributed by atoms with E-state index < -0.39 is 0 Å². The fraction of sp³-hybridized carbons (Fsp3) is 0.500. The fourth-order valence-corrected chi connectivity index (χ4v) is 4.26. The predicted octanol–water partition coefficient (Wildman–Crippen LogP) is 3.05. The minimum Gasteiger partial charge on any atom is -0.282 e. The van der Waals surface area contributed by atoms with Gasteiger partial charge in [-0.1, -0.05) is 32.0 Å². The van der Waals surface area contributed by atoms with Crippen molar-refractivity contribution < 1.29 is 9.59 Å². The number of carbonyl (C=O) groups excluding carboxylic acids is 2. The number of amides is 2. The lowest BCUT2D eigenvalue weighted by Crippen LogP contribution is -2.47. The van der Waals surface area contributed by atoms with Gasteiger partial charge in [0.25, 0.3) is 0 Å². The number of likely N-dealkylation sites (tertiary alicyclic amines) is 1. The van der Waals surface area contributed by atoms with E-state index in [9.17, 15) is 9.59 Å². The summed E-state index contributed by atoms with van der Waals surface area (Å²) >= 11 is 1.82. The van der Waals surface area contributed by atoms with Gasteiger partial charge < -0.3 is 0 Å². The Morgan fingerprint density at radius 3 is 2.55 bits per heavy atom. The summed E-state index contributed by atoms with van der Waals surface area (Å²) < 4.78 is 0. The largest absolute Gasteiger partial charge is 0.282 e. The molecule has 2 heterocycles. The Morgan fingerprint density at radius 1 is 1.20 bits per heavy atom. The Hall–Kier alpha value is -1.29. The van der Waals surface area contributed by atoms with E-state index in [0.29, 0.717) is 19.4 Å². The highest BCUT2D eigenvalue weighted by Gasteiger charge is 2.39. The van der Waals surface area contributed by atoms with Gasteiger partial charge in [-0.25, -0.2) is 0 Å². The van der Waals surface area contributed by atoms with Crippen LogP contribution in [0.4, 0.5) is 0 Å². The molecule has 0 aliphatic carbocycles. The third kappa shape index (κ3) is 2.49. The normalized spacial score (nSPS) is 24.9. The third-order valence-corrected chi connectivity index (χ3v) is 5.32. The van der Waals surface area contributed by atoms with Crippen LogP contribution in [-0.2, 0) is 9.59 Å². The number of imide groups is 1. The second-order valence-electron chi connectivity index (χ2n) is 6.46. The molecule has 1 fully saturated rings. The lowest BCUT2D eigenvalue weighted by molar-refractivity contribution is -0.152. The number of carbonyl (C=O) groups is 2. The second-order valence-corrected chi connectivity index (χ2v) is 7.52. The molecule has 0 aromatic heterocycles. The number of piperidine rings is 1. The maximum absolute atomic E-state index is 12.2. The number of fused-ring (bicyclic) bond motifs is 1. The Kier molecular flexibility index (Phi) is 3.36. The first kappa shape index (κ1) is 13.7. The maximum atomic E-state index is 12.2. The molecular weight excluding hydrogens is 270 g/mol. The van der Waals surface area contributed by atoms with Crippen molar-refractivity contribution in [2.75, 3.05) is 12.3 Å². The highest BCUT2D eigenvalue weighted by atomic mass is 32.2. The van der Waals surface area contributed by atoms with E-state index in [1.165, 1.54) is 15.4 Å². The summed E-state index contributed by atoms with van der Waals surface area (Å²) in [6, 6.07) is 8.29. The van der Waals surface area contributed by atoms with E-state index in [1.54, 1.807) is 0 Å². The lowest BCUT2D eigenvalue weighted by atomic mass is 9.81. The van der Waals surface area contributed by atoms with E-state index >= 15 is 0 Å². The molecule has 2 amide bonds. The average molecular weight is 289 g/mol. The summed E-state index contributed by atoms with van der Waals surface area (Å²) in [6.45, 7) is 4.51. The molecule has 1 aromatic rings. The van der Waals surface area contributed by atoms with Gasteiger partial charge in [-0.05, 0) is 17.0 Å². The van der Waals surface area contributed by atoms with Crippen molar-refractivity contribution >= 4 is 23.6 Å². The fourth-order valence-electron chi connectivity index (χ4n) is 3.02. The zero-order chi connectivity index (χ0) is 14.3. The smallest absolute Gasteiger partial charge is 0.229 e. The van der Waals surface area contributed by atoms with Crippen LogP contribution in [0.3, 0.4) is 0 Å². The highest BCUT2D eigenvalue weighted by Crippen LogP contribution is 2.41. The molecule has 1 atom stereocenters. The van der Waals surface area contributed by atoms with Gasteiger partial charge in [-0.3, -0.25) is 14.5 Å². The van der Waals surface area contributed by atoms with Gasteiger partial charge >= 0.3 is 0 Å². The minimum atomic E-state index is -0.188. The van der Waals surface area contributed by atoms with Crippen molar-refractivity contribution in [2.45, 2.75) is 37.5 Å². The Balaban J connectivity index is 1.76. The number of nitrogens with zero attached hydrogens (tertiary/aromatic N) is 1. The van der Waals surface area contributed by atoms with Gasteiger partial charge in [0.1, 0.15) is 0 Å². The van der Waals surface area contributed by atoms with Gasteiger partial charge in [0.2, 0.25) is 11.8 Å². The van der Waals surface area contributed by atoms with Crippen LogP contribution in [0.5, 0.6) is 0 Å². The summed E-state index contributed by atoms with van der Waals surface area (Å²) in [5.74, 6) is 1.21. The zero-order valence-corrected chi connectivity index (χ0v) is 12.7. The van der Waals surface area contributed by atoms with Crippen LogP contribution in [0.2, 0.25) is 0 Å². The molecule has 20 heavy (non-hydrogen) atoms. The van der Waals surface area contributed by atoms with Crippen LogP contribution in [0, 0.1) is 5.41 Å². The summed E-state index contributed by atoms with van der Waals surface area (Å²) in [4.78, 5) is 27.2. The molecule has 3 rings (SSSR count). The van der Waals surface area contributed by atoms with E-state index in [1.807, 2.05) is 37.7 Å². The van der Waals surface area contributed by atoms with Gasteiger partial charge in [0, 0.05) is 36.0 Å². The maximum Gasteiger partial charge on any atom is 0.229 e. The minimum absolute atomic E-state index is 0.0133. The molecule has 2 aliphatic rings. The lowest BCUT2D eigenvalue weighted by Gasteiger charge is -2.35. The van der Waals surface area contributed by atoms with Gasteiger partial charge in [0.15, 0.2) is 0 Å². The van der Waals surface area contributed by atoms with Crippen molar-refractivity contribution in [3.05, 3.63) is 29.8 Å². The molecule has 0 saturated carbocycles. The van der Waals surface area contributed by atoms with Crippen LogP contribution in [0.1, 0.15) is 38.2 Å². The Morgan fingerprint density at radius 2 is 1.85 bits per heavy atom. The summed E-state index contributed by atoms with van der Waals surface area (Å²) in [5.41, 5.74) is 1.09. The van der Waals surface area contributed by atoms with Crippen molar-refractivity contribution in [3.8, 4) is 0 Å². The van der Waals surface area contributed by atoms with E-state index in [0.717, 1.165) is 5.75 Å². The SMILES string of the molecule is CC1(C)CC(=O)N(CC2CSc3ccccc32)C(=O)C1. The molecule has 1 saturated heterocycles. The molecule has 0 N–H and O–H groups in total. The molecule has 106 valence electrons. The highest BCUT2D eigenvalue weighted by molar-refractivity contribution is 7.99. The third-order valence-electron chi connectivity index (χ3n) is 4.06. The summed E-state index contributed by atoms with van der Waals surface area (Å²) in [7, 11) is 0. The monoisotopic (exact) mass is 289 g/mol. The standard InChI is InChI=1S/C16H19NO2S/c1-16(2)7-14(18)17(15(19)8-16)9-11-10-20-13-6-4-3-5-12(11)13/h3-6,11H,7-10H2,1-2H3. The van der Waals surface area contributed by atoms with E-state index in [-0.39, 0.29) is 23.1 Å². The summed E-state index contributed by atoms with van der Waals surface area (Å²) in [5, 5.41) is 0. The van der Waals surface area contributed by atoms with Gasteiger partial charge in [0.05, 0.1) is 0 Å². The number of hydrogen-bond donors (Lipinski definition) is 0. The van der Waals surface area contributed by atoms with Crippen LogP contribution < -0.4 is 0 Å². The molecular formula is C16H19NO2S. The van der Waals surface area contributed by atoms with Crippen molar-refractivity contribution in [2.24, 2.45) is 5.41 Å². The van der Waals surface area contributed by atoms with Gasteiger partial charge in [-0.2, -0.15) is 0 Å². The molecule has 1 unspecified atom stereocenters. The summed E-state index contributed by atoms with van der Waals surface area (Å²) in [6.07, 6.45) is 0.945. The molecule has 1 aromatic carbocycles. The van der Waals surface area contributed by atoms with Crippen molar-refractivity contribution in [3.63, 3.8) is 0 Å². The first-order chi connectivity index (χ1) is 9.46. The topological polar surface area (TPSA) is 37.4 Å². The second kappa shape index (κ2) is 4.92. The Bertz CT molecular complexity index is 547. The average Bonchev–Trinajstić information content (AvgIpc) is 2.76. The molecule has 2 aliphatic heterocycles. The first-order valence-corrected chi connectivity index (χ1v) is 8.00.